The van der Waals surface area contributed by atoms with Gasteiger partial charge in [-0.05, 0) is 12.8 Å². The average Bonchev–Trinajstić information content (AvgIpc) is 2.66. The molecule has 0 bridgehead atoms. The van der Waals surface area contributed by atoms with Crippen LogP contribution in [0.25, 0.3) is 10.3 Å². The van der Waals surface area contributed by atoms with Gasteiger partial charge in [-0.1, -0.05) is 25.2 Å². The zero-order valence-corrected chi connectivity index (χ0v) is 14.1. The summed E-state index contributed by atoms with van der Waals surface area (Å²) in [6.07, 6.45) is 0.334. The Morgan fingerprint density at radius 2 is 2.11 bits per heavy atom. The molecule has 0 amide bonds. The van der Waals surface area contributed by atoms with Crippen LogP contribution in [-0.2, 0) is 0 Å². The van der Waals surface area contributed by atoms with Gasteiger partial charge in [0.1, 0.15) is 10.3 Å². The molecule has 0 aliphatic heterocycles. The number of carbonyl (C=O) groups is 1. The summed E-state index contributed by atoms with van der Waals surface area (Å²) in [5, 5.41) is 22.1. The number of nitrogens with zero attached hydrogens (tertiary/aromatic N) is 2. The van der Waals surface area contributed by atoms with Crippen LogP contribution in [-0.4, -0.2) is 21.0 Å². The molecule has 2 aromatic rings. The zero-order valence-electron chi connectivity index (χ0n) is 11.3. The van der Waals surface area contributed by atoms with Crippen LogP contribution in [0, 0.1) is 12.8 Å². The van der Waals surface area contributed by atoms with Gasteiger partial charge in [-0.3, -0.25) is 0 Å². The van der Waals surface area contributed by atoms with Crippen molar-refractivity contribution in [3.63, 3.8) is 0 Å². The maximum atomic E-state index is 11.1. The van der Waals surface area contributed by atoms with E-state index in [-0.39, 0.29) is 41.0 Å². The second-order valence-corrected chi connectivity index (χ2v) is 5.63. The molecule has 2 heterocycles. The summed E-state index contributed by atoms with van der Waals surface area (Å²) in [5.74, 6) is -1.46. The van der Waals surface area contributed by atoms with Crippen molar-refractivity contribution in [1.29, 1.82) is 0 Å². The van der Waals surface area contributed by atoms with Gasteiger partial charge in [0.25, 0.3) is 0 Å². The smallest absolute Gasteiger partial charge is 0.545 e. The first-order valence-corrected chi connectivity index (χ1v) is 6.39. The largest absolute Gasteiger partial charge is 1.00 e. The van der Waals surface area contributed by atoms with Crippen LogP contribution in [0.4, 0.5) is 0 Å². The SMILES string of the molecule is Cc1nc2c(C(O)C(C)C)c(C(=O)[O-])cnc2s1.[Na+]. The van der Waals surface area contributed by atoms with Crippen molar-refractivity contribution in [2.45, 2.75) is 26.9 Å². The van der Waals surface area contributed by atoms with E-state index in [1.54, 1.807) is 0 Å². The molecule has 1 unspecified atom stereocenters. The van der Waals surface area contributed by atoms with E-state index in [0.29, 0.717) is 15.9 Å². The van der Waals surface area contributed by atoms with Crippen LogP contribution in [0.2, 0.25) is 0 Å². The van der Waals surface area contributed by atoms with E-state index < -0.39 is 12.1 Å². The fourth-order valence-corrected chi connectivity index (χ4v) is 2.57. The predicted octanol–water partition coefficient (Wildman–Crippen LogP) is -1.94. The van der Waals surface area contributed by atoms with Crippen molar-refractivity contribution in [2.75, 3.05) is 0 Å². The fourth-order valence-electron chi connectivity index (χ4n) is 1.79. The molecular weight excluding hydrogens is 275 g/mol. The summed E-state index contributed by atoms with van der Waals surface area (Å²) >= 11 is 1.37. The number of thiazole rings is 1. The maximum absolute atomic E-state index is 11.1. The van der Waals surface area contributed by atoms with Crippen LogP contribution in [0.5, 0.6) is 0 Å². The Morgan fingerprint density at radius 1 is 1.47 bits per heavy atom. The minimum atomic E-state index is -1.34. The molecule has 0 saturated carbocycles. The van der Waals surface area contributed by atoms with Gasteiger partial charge in [0.2, 0.25) is 0 Å². The molecule has 2 aromatic heterocycles. The number of carbonyl (C=O) groups excluding carboxylic acids is 1. The molecule has 5 nitrogen and oxygen atoms in total. The maximum Gasteiger partial charge on any atom is 1.00 e. The van der Waals surface area contributed by atoms with Gasteiger partial charge in [0, 0.05) is 17.3 Å². The van der Waals surface area contributed by atoms with E-state index in [4.69, 9.17) is 0 Å². The summed E-state index contributed by atoms with van der Waals surface area (Å²) in [4.78, 5) is 20.1. The number of carboxylic acids is 1. The number of rotatable bonds is 3. The number of aliphatic hydroxyl groups is 1. The van der Waals surface area contributed by atoms with E-state index in [9.17, 15) is 15.0 Å². The van der Waals surface area contributed by atoms with Crippen LogP contribution >= 0.6 is 11.3 Å². The third-order valence-corrected chi connectivity index (χ3v) is 3.60. The van der Waals surface area contributed by atoms with Gasteiger partial charge < -0.3 is 15.0 Å². The zero-order chi connectivity index (χ0) is 13.4. The summed E-state index contributed by atoms with van der Waals surface area (Å²) in [6, 6.07) is 0. The molecule has 0 spiro atoms. The summed E-state index contributed by atoms with van der Waals surface area (Å²) in [5.41, 5.74) is 0.675. The molecule has 2 rings (SSSR count). The molecule has 19 heavy (non-hydrogen) atoms. The molecule has 0 fully saturated rings. The Morgan fingerprint density at radius 3 is 2.63 bits per heavy atom. The van der Waals surface area contributed by atoms with Crippen LogP contribution < -0.4 is 34.7 Å². The summed E-state index contributed by atoms with van der Waals surface area (Å²) in [7, 11) is 0. The number of hydrogen-bond donors (Lipinski definition) is 1. The number of carboxylic acid groups (broad SMARTS) is 1. The Balaban J connectivity index is 0.00000180. The second-order valence-electron chi connectivity index (χ2n) is 4.45. The van der Waals surface area contributed by atoms with Crippen molar-refractivity contribution in [2.24, 2.45) is 5.92 Å². The van der Waals surface area contributed by atoms with E-state index in [1.165, 1.54) is 17.5 Å². The van der Waals surface area contributed by atoms with Crippen molar-refractivity contribution < 1.29 is 44.6 Å². The Kier molecular flexibility index (Phi) is 5.46. The predicted molar refractivity (Wildman–Crippen MR) is 66.3 cm³/mol. The second kappa shape index (κ2) is 6.28. The third kappa shape index (κ3) is 3.14. The first kappa shape index (κ1) is 16.5. The third-order valence-electron chi connectivity index (χ3n) is 2.72. The monoisotopic (exact) mass is 288 g/mol. The molecule has 1 N–H and O–H groups in total. The van der Waals surface area contributed by atoms with Crippen molar-refractivity contribution >= 4 is 27.7 Å². The van der Waals surface area contributed by atoms with Gasteiger partial charge in [0.05, 0.1) is 17.1 Å². The van der Waals surface area contributed by atoms with E-state index >= 15 is 0 Å². The van der Waals surface area contributed by atoms with Crippen LogP contribution in [0.3, 0.4) is 0 Å². The minimum absolute atomic E-state index is 0. The molecule has 1 atom stereocenters. The van der Waals surface area contributed by atoms with Gasteiger partial charge >= 0.3 is 29.6 Å². The Labute approximate surface area is 137 Å². The van der Waals surface area contributed by atoms with E-state index in [1.807, 2.05) is 20.8 Å². The van der Waals surface area contributed by atoms with Gasteiger partial charge in [-0.25, -0.2) is 9.97 Å². The van der Waals surface area contributed by atoms with Gasteiger partial charge in [-0.2, -0.15) is 0 Å². The molecule has 0 radical (unpaired) electrons. The Bertz CT molecular complexity index is 612. The molecule has 0 aliphatic carbocycles. The van der Waals surface area contributed by atoms with Crippen LogP contribution in [0.1, 0.15) is 40.9 Å². The quantitative estimate of drug-likeness (QED) is 0.664. The number of aromatic carboxylic acids is 1. The van der Waals surface area contributed by atoms with E-state index in [2.05, 4.69) is 9.97 Å². The molecule has 0 aromatic carbocycles. The normalized spacial score (nSPS) is 12.5. The first-order chi connectivity index (χ1) is 8.41. The number of hydrogen-bond acceptors (Lipinski definition) is 6. The number of pyridine rings is 1. The number of aromatic nitrogens is 2. The van der Waals surface area contributed by atoms with Crippen molar-refractivity contribution in [3.05, 3.63) is 22.3 Å². The topological polar surface area (TPSA) is 86.1 Å². The minimum Gasteiger partial charge on any atom is -0.545 e. The summed E-state index contributed by atoms with van der Waals surface area (Å²) < 4.78 is 0. The van der Waals surface area contributed by atoms with Crippen molar-refractivity contribution in [1.82, 2.24) is 9.97 Å². The molecule has 0 saturated heterocycles. The Hall–Kier alpha value is -0.530. The molecule has 7 heteroatoms. The molecule has 0 aliphatic rings. The standard InChI is InChI=1S/C12H14N2O3S.Na/c1-5(2)10(15)8-7(12(16)17)4-13-11-9(8)14-6(3)18-11;/h4-5,10,15H,1-3H3,(H,16,17);/q;+1/p-1. The summed E-state index contributed by atoms with van der Waals surface area (Å²) in [6.45, 7) is 5.45. The molecular formula is C12H13N2NaO3S. The van der Waals surface area contributed by atoms with Gasteiger partial charge in [-0.15, -0.1) is 0 Å². The number of aryl methyl sites for hydroxylation is 1. The average molecular weight is 288 g/mol. The van der Waals surface area contributed by atoms with E-state index in [0.717, 1.165) is 5.01 Å². The molecule has 96 valence electrons. The van der Waals surface area contributed by atoms with Crippen LogP contribution in [0.15, 0.2) is 6.20 Å². The van der Waals surface area contributed by atoms with Gasteiger partial charge in [0.15, 0.2) is 0 Å². The fraction of sp³-hybridized carbons (Fsp3) is 0.417. The van der Waals surface area contributed by atoms with Crippen molar-refractivity contribution in [3.8, 4) is 0 Å². The number of aliphatic hydroxyl groups excluding tert-OH is 1. The number of fused-ring (bicyclic) bond motifs is 1. The first-order valence-electron chi connectivity index (χ1n) is 5.57.